The van der Waals surface area contributed by atoms with E-state index in [4.69, 9.17) is 28.1 Å². The second-order valence-electron chi connectivity index (χ2n) is 10.3. The van der Waals surface area contributed by atoms with Crippen LogP contribution in [0.15, 0.2) is 94.3 Å². The molecule has 0 aliphatic carbocycles. The van der Waals surface area contributed by atoms with Gasteiger partial charge in [-0.05, 0) is 72.5 Å². The molecule has 0 bridgehead atoms. The van der Waals surface area contributed by atoms with E-state index in [-0.39, 0.29) is 12.4 Å². The molecule has 0 aliphatic heterocycles. The number of hydrogen-bond donors (Lipinski definition) is 0. The van der Waals surface area contributed by atoms with E-state index in [9.17, 15) is 9.59 Å². The van der Waals surface area contributed by atoms with Crippen molar-refractivity contribution in [2.24, 2.45) is 0 Å². The summed E-state index contributed by atoms with van der Waals surface area (Å²) in [6, 6.07) is 19.5. The van der Waals surface area contributed by atoms with Crippen LogP contribution in [0.1, 0.15) is 29.7 Å². The first-order chi connectivity index (χ1) is 22.9. The van der Waals surface area contributed by atoms with Gasteiger partial charge in [-0.3, -0.25) is 9.48 Å². The molecule has 5 aromatic rings. The molecule has 0 aliphatic rings. The van der Waals surface area contributed by atoms with Crippen LogP contribution in [-0.2, 0) is 17.9 Å². The number of carbonyl (C=O) groups is 1. The number of methoxy groups -OCH3 is 3. The predicted molar refractivity (Wildman–Crippen MR) is 177 cm³/mol. The van der Waals surface area contributed by atoms with Crippen molar-refractivity contribution < 1.29 is 32.9 Å². The summed E-state index contributed by atoms with van der Waals surface area (Å²) in [5.41, 5.74) is 2.32. The highest BCUT2D eigenvalue weighted by atomic mass is 16.5. The summed E-state index contributed by atoms with van der Waals surface area (Å²) in [6.45, 7) is 1.31. The number of fused-ring (bicyclic) bond motifs is 1. The number of unbranched alkanes of at least 4 members (excludes halogenated alkanes) is 1. The van der Waals surface area contributed by atoms with E-state index >= 15 is 0 Å². The quantitative estimate of drug-likeness (QED) is 0.0707. The average Bonchev–Trinajstić information content (AvgIpc) is 3.56. The fraction of sp³-hybridized carbons (Fsp3) is 0.222. The molecule has 3 aromatic carbocycles. The van der Waals surface area contributed by atoms with Crippen LogP contribution in [0.25, 0.3) is 23.1 Å². The number of para-hydroxylation sites is 1. The lowest BCUT2D eigenvalue weighted by atomic mass is 10.1. The van der Waals surface area contributed by atoms with Crippen molar-refractivity contribution in [2.75, 3.05) is 27.9 Å². The molecule has 11 heteroatoms. The molecule has 0 saturated carbocycles. The van der Waals surface area contributed by atoms with E-state index in [0.29, 0.717) is 53.2 Å². The zero-order valence-electron chi connectivity index (χ0n) is 26.4. The van der Waals surface area contributed by atoms with Gasteiger partial charge in [0.05, 0.1) is 45.6 Å². The second-order valence-corrected chi connectivity index (χ2v) is 10.3. The Kier molecular flexibility index (Phi) is 11.0. The molecule has 0 spiro atoms. The maximum atomic E-state index is 12.4. The number of allylic oxidation sites excluding steroid dienone is 2. The molecule has 47 heavy (non-hydrogen) atoms. The summed E-state index contributed by atoms with van der Waals surface area (Å²) >= 11 is 0. The Balaban J connectivity index is 1.08. The monoisotopic (exact) mass is 637 g/mol. The number of benzene rings is 3. The molecular weight excluding hydrogens is 602 g/mol. The SMILES string of the molecule is COc1ccc(/C=C/C(=O)/C=C/c2ccc(OCc3cn(CCCCOc4cc(=O)oc5ccccc45)nn3)c(OC)c2)cc1OC. The van der Waals surface area contributed by atoms with Crippen molar-refractivity contribution in [1.82, 2.24) is 15.0 Å². The molecule has 2 heterocycles. The number of nitrogens with zero attached hydrogens (tertiary/aromatic N) is 3. The van der Waals surface area contributed by atoms with Gasteiger partial charge >= 0.3 is 5.63 Å². The number of carbonyl (C=O) groups excluding carboxylic acids is 1. The molecule has 11 nitrogen and oxygen atoms in total. The molecule has 5 rings (SSSR count). The molecule has 0 N–H and O–H groups in total. The molecule has 242 valence electrons. The topological polar surface area (TPSA) is 124 Å². The summed E-state index contributed by atoms with van der Waals surface area (Å²) in [5, 5.41) is 9.16. The molecule has 0 fully saturated rings. The van der Waals surface area contributed by atoms with Crippen LogP contribution in [0.2, 0.25) is 0 Å². The highest BCUT2D eigenvalue weighted by molar-refractivity contribution is 6.04. The van der Waals surface area contributed by atoms with E-state index in [0.717, 1.165) is 29.4 Å². The summed E-state index contributed by atoms with van der Waals surface area (Å²) < 4.78 is 34.9. The maximum absolute atomic E-state index is 12.4. The Morgan fingerprint density at radius 1 is 0.787 bits per heavy atom. The summed E-state index contributed by atoms with van der Waals surface area (Å²) in [5.74, 6) is 2.62. The van der Waals surface area contributed by atoms with Gasteiger partial charge in [-0.2, -0.15) is 0 Å². The Morgan fingerprint density at radius 2 is 1.47 bits per heavy atom. The minimum Gasteiger partial charge on any atom is -0.493 e. The number of ether oxygens (including phenoxy) is 5. The lowest BCUT2D eigenvalue weighted by molar-refractivity contribution is -0.110. The summed E-state index contributed by atoms with van der Waals surface area (Å²) in [7, 11) is 4.69. The lowest BCUT2D eigenvalue weighted by Gasteiger charge is -2.10. The molecule has 0 atom stereocenters. The third-order valence-electron chi connectivity index (χ3n) is 7.09. The van der Waals surface area contributed by atoms with Gasteiger partial charge in [0.2, 0.25) is 0 Å². The van der Waals surface area contributed by atoms with Gasteiger partial charge in [0.15, 0.2) is 28.8 Å². The first kappa shape index (κ1) is 32.6. The highest BCUT2D eigenvalue weighted by Crippen LogP contribution is 2.30. The number of aromatic nitrogens is 3. The van der Waals surface area contributed by atoms with Crippen LogP contribution in [0.3, 0.4) is 0 Å². The van der Waals surface area contributed by atoms with Crippen molar-refractivity contribution in [3.05, 3.63) is 112 Å². The fourth-order valence-corrected chi connectivity index (χ4v) is 4.70. The van der Waals surface area contributed by atoms with Gasteiger partial charge < -0.3 is 28.1 Å². The molecular formula is C36H35N3O8. The predicted octanol–water partition coefficient (Wildman–Crippen LogP) is 6.14. The number of aryl methyl sites for hydroxylation is 1. The van der Waals surface area contributed by atoms with E-state index in [1.807, 2.05) is 36.5 Å². The van der Waals surface area contributed by atoms with E-state index in [1.54, 1.807) is 68.5 Å². The van der Waals surface area contributed by atoms with Crippen molar-refractivity contribution in [3.8, 4) is 28.7 Å². The van der Waals surface area contributed by atoms with Crippen LogP contribution in [-0.4, -0.2) is 48.7 Å². The zero-order chi connectivity index (χ0) is 33.0. The Bertz CT molecular complexity index is 1940. The van der Waals surface area contributed by atoms with Crippen molar-refractivity contribution in [3.63, 3.8) is 0 Å². The molecule has 0 unspecified atom stereocenters. The fourth-order valence-electron chi connectivity index (χ4n) is 4.70. The highest BCUT2D eigenvalue weighted by Gasteiger charge is 2.09. The number of rotatable bonds is 16. The van der Waals surface area contributed by atoms with E-state index in [1.165, 1.54) is 18.2 Å². The number of ketones is 1. The molecule has 0 saturated heterocycles. The first-order valence-electron chi connectivity index (χ1n) is 14.9. The largest absolute Gasteiger partial charge is 0.493 e. The van der Waals surface area contributed by atoms with Crippen LogP contribution < -0.4 is 29.3 Å². The Hall–Kier alpha value is -5.84. The van der Waals surface area contributed by atoms with Crippen molar-refractivity contribution in [2.45, 2.75) is 26.0 Å². The van der Waals surface area contributed by atoms with Gasteiger partial charge in [-0.1, -0.05) is 41.6 Å². The van der Waals surface area contributed by atoms with Gasteiger partial charge in [0.1, 0.15) is 23.6 Å². The maximum Gasteiger partial charge on any atom is 0.339 e. The summed E-state index contributed by atoms with van der Waals surface area (Å²) in [6.07, 6.45) is 9.80. The van der Waals surface area contributed by atoms with Crippen LogP contribution in [0.4, 0.5) is 0 Å². The summed E-state index contributed by atoms with van der Waals surface area (Å²) in [4.78, 5) is 24.2. The normalized spacial score (nSPS) is 11.3. The standard InChI is InChI=1S/C36H35N3O8/c1-42-31-16-12-25(20-34(31)43-2)10-14-28(40)15-11-26-13-17-32(35(21-26)44-3)46-24-27-23-39(38-37-27)18-6-7-19-45-33-22-36(41)47-30-9-5-4-8-29(30)33/h4-5,8-17,20-23H,6-7,18-19,24H2,1-3H3/b14-10+,15-11+. The molecule has 2 aromatic heterocycles. The molecule has 0 amide bonds. The third-order valence-corrected chi connectivity index (χ3v) is 7.09. The first-order valence-corrected chi connectivity index (χ1v) is 14.9. The molecule has 0 radical (unpaired) electrons. The van der Waals surface area contributed by atoms with Crippen LogP contribution >= 0.6 is 0 Å². The van der Waals surface area contributed by atoms with Gasteiger partial charge in [0.25, 0.3) is 0 Å². The Morgan fingerprint density at radius 3 is 2.19 bits per heavy atom. The average molecular weight is 638 g/mol. The van der Waals surface area contributed by atoms with Gasteiger partial charge in [-0.25, -0.2) is 4.79 Å². The van der Waals surface area contributed by atoms with Gasteiger partial charge in [-0.15, -0.1) is 5.10 Å². The van der Waals surface area contributed by atoms with Crippen molar-refractivity contribution >= 4 is 28.9 Å². The second kappa shape index (κ2) is 15.9. The number of hydrogen-bond acceptors (Lipinski definition) is 10. The minimum atomic E-state index is -0.440. The zero-order valence-corrected chi connectivity index (χ0v) is 26.4. The minimum absolute atomic E-state index is 0.173. The smallest absolute Gasteiger partial charge is 0.339 e. The van der Waals surface area contributed by atoms with Crippen molar-refractivity contribution in [1.29, 1.82) is 0 Å². The van der Waals surface area contributed by atoms with E-state index < -0.39 is 5.63 Å². The Labute approximate surface area is 271 Å². The lowest BCUT2D eigenvalue weighted by Crippen LogP contribution is -2.05. The van der Waals surface area contributed by atoms with Crippen LogP contribution in [0.5, 0.6) is 28.7 Å². The van der Waals surface area contributed by atoms with E-state index in [2.05, 4.69) is 10.3 Å². The van der Waals surface area contributed by atoms with Crippen LogP contribution in [0, 0.1) is 0 Å². The van der Waals surface area contributed by atoms with Gasteiger partial charge in [0, 0.05) is 6.54 Å². The third kappa shape index (κ3) is 8.88.